The molecule has 1 amide bonds. The first-order valence-electron chi connectivity index (χ1n) is 19.0. The monoisotopic (exact) mass is 707 g/mol. The van der Waals surface area contributed by atoms with Gasteiger partial charge in [-0.05, 0) is 51.7 Å². The molecule has 3 saturated heterocycles. The van der Waals surface area contributed by atoms with Crippen molar-refractivity contribution in [3.8, 4) is 0 Å². The Morgan fingerprint density at radius 2 is 1.39 bits per heavy atom. The summed E-state index contributed by atoms with van der Waals surface area (Å²) >= 11 is 0. The lowest BCUT2D eigenvalue weighted by atomic mass is 9.63. The van der Waals surface area contributed by atoms with Gasteiger partial charge in [-0.25, -0.2) is 4.39 Å². The van der Waals surface area contributed by atoms with Crippen molar-refractivity contribution in [2.24, 2.45) is 17.8 Å². The number of rotatable bonds is 10. The number of ketones is 3. The van der Waals surface area contributed by atoms with Crippen LogP contribution in [0.4, 0.5) is 4.39 Å². The normalized spacial score (nSPS) is 35.3. The molecule has 7 aliphatic rings. The maximum Gasteiger partial charge on any atom is 0.256 e. The van der Waals surface area contributed by atoms with Gasteiger partial charge in [-0.1, -0.05) is 24.3 Å². The highest BCUT2D eigenvalue weighted by Gasteiger charge is 2.61. The third-order valence-electron chi connectivity index (χ3n) is 12.4. The van der Waals surface area contributed by atoms with Gasteiger partial charge >= 0.3 is 0 Å². The van der Waals surface area contributed by atoms with Gasteiger partial charge in [0.2, 0.25) is 0 Å². The van der Waals surface area contributed by atoms with Gasteiger partial charge in [0.1, 0.15) is 6.17 Å². The lowest BCUT2D eigenvalue weighted by Gasteiger charge is -2.60. The standard InChI is InChI=1S/C38H50FN5O7/c39-29-19-27-33-37(32(29)40-7-3-9-42-11-15-49-16-12-42)51-31-21-26-25(34(45)23-5-1-2-6-24(23)35(26)46)20-30(31)44(33)22-28(36(27)47)38(48)41-8-4-10-43-13-17-50-18-14-43/h1-2,5-6,22,25-27,29-33,37,40H,3-4,7-21H2,(H,41,48). The van der Waals surface area contributed by atoms with Gasteiger partial charge in [0.15, 0.2) is 17.3 Å². The second-order valence-corrected chi connectivity index (χ2v) is 15.2. The Morgan fingerprint density at radius 3 is 2.04 bits per heavy atom. The first kappa shape index (κ1) is 35.0. The highest BCUT2D eigenvalue weighted by Crippen LogP contribution is 2.49. The number of halogens is 1. The molecular weight excluding hydrogens is 657 g/mol. The number of carbonyl (C=O) groups is 4. The Bertz CT molecular complexity index is 1530. The molecule has 0 radical (unpaired) electrons. The predicted octanol–water partition coefficient (Wildman–Crippen LogP) is 1.24. The van der Waals surface area contributed by atoms with Gasteiger partial charge in [-0.2, -0.15) is 0 Å². The van der Waals surface area contributed by atoms with E-state index >= 15 is 4.39 Å². The van der Waals surface area contributed by atoms with Gasteiger partial charge in [-0.15, -0.1) is 0 Å². The Labute approximate surface area is 298 Å². The SMILES string of the molecule is O=C(NCCCN1CCOCC1)C1=CN2C3CC4C(=O)c5ccccc5C(=O)C4CC3OC3C(NCCCN4CCOCC4)C(F)CC(C1=O)C32. The van der Waals surface area contributed by atoms with E-state index in [1.54, 1.807) is 30.5 Å². The number of fused-ring (bicyclic) bond motifs is 4. The van der Waals surface area contributed by atoms with Crippen LogP contribution in [0.5, 0.6) is 0 Å². The van der Waals surface area contributed by atoms with Crippen LogP contribution in [0.3, 0.4) is 0 Å². The molecule has 0 aromatic heterocycles. The molecule has 0 spiro atoms. The van der Waals surface area contributed by atoms with E-state index in [1.165, 1.54) is 0 Å². The molecule has 4 aliphatic heterocycles. The topological polar surface area (TPSA) is 130 Å². The predicted molar refractivity (Wildman–Crippen MR) is 184 cm³/mol. The van der Waals surface area contributed by atoms with Crippen molar-refractivity contribution >= 4 is 23.3 Å². The van der Waals surface area contributed by atoms with Crippen LogP contribution in [0.15, 0.2) is 36.0 Å². The van der Waals surface area contributed by atoms with Gasteiger partial charge < -0.3 is 29.7 Å². The zero-order valence-corrected chi connectivity index (χ0v) is 29.2. The summed E-state index contributed by atoms with van der Waals surface area (Å²) in [5, 5.41) is 6.42. The van der Waals surface area contributed by atoms with E-state index in [0.717, 1.165) is 65.3 Å². The van der Waals surface area contributed by atoms with Crippen LogP contribution in [-0.4, -0.2) is 153 Å². The molecule has 0 bridgehead atoms. The number of benzene rings is 1. The highest BCUT2D eigenvalue weighted by molar-refractivity contribution is 6.20. The van der Waals surface area contributed by atoms with E-state index in [2.05, 4.69) is 25.3 Å². The number of hydrogen-bond donors (Lipinski definition) is 2. The molecular formula is C38H50FN5O7. The van der Waals surface area contributed by atoms with Crippen molar-refractivity contribution in [3.63, 3.8) is 0 Å². The molecule has 4 heterocycles. The second kappa shape index (κ2) is 15.1. The van der Waals surface area contributed by atoms with Crippen molar-refractivity contribution in [1.82, 2.24) is 25.3 Å². The molecule has 9 unspecified atom stereocenters. The molecule has 8 rings (SSSR count). The summed E-state index contributed by atoms with van der Waals surface area (Å²) in [5.41, 5.74) is 0.938. The fourth-order valence-corrected chi connectivity index (χ4v) is 9.73. The fourth-order valence-electron chi connectivity index (χ4n) is 9.73. The van der Waals surface area contributed by atoms with E-state index in [4.69, 9.17) is 14.2 Å². The number of nitrogens with zero attached hydrogens (tertiary/aromatic N) is 3. The van der Waals surface area contributed by atoms with Crippen molar-refractivity contribution in [2.45, 2.75) is 68.6 Å². The maximum atomic E-state index is 16.3. The molecule has 276 valence electrons. The van der Waals surface area contributed by atoms with E-state index in [9.17, 15) is 19.2 Å². The number of morpholine rings is 3. The van der Waals surface area contributed by atoms with Crippen LogP contribution in [0.25, 0.3) is 0 Å². The van der Waals surface area contributed by atoms with Crippen LogP contribution in [0.1, 0.15) is 52.8 Å². The number of nitrogens with one attached hydrogen (secondary N) is 2. The Kier molecular flexibility index (Phi) is 10.4. The van der Waals surface area contributed by atoms with Crippen molar-refractivity contribution in [1.29, 1.82) is 0 Å². The van der Waals surface area contributed by atoms with Gasteiger partial charge in [0.05, 0.1) is 62.3 Å². The molecule has 3 aliphatic carbocycles. The average molecular weight is 708 g/mol. The minimum Gasteiger partial charge on any atom is -0.379 e. The number of amides is 1. The number of hydrogen-bond acceptors (Lipinski definition) is 11. The Hall–Kier alpha value is -3.07. The molecule has 13 heteroatoms. The van der Waals surface area contributed by atoms with Crippen molar-refractivity contribution < 1.29 is 37.8 Å². The minimum absolute atomic E-state index is 0.0170. The molecule has 5 fully saturated rings. The minimum atomic E-state index is -1.36. The van der Waals surface area contributed by atoms with Crippen LogP contribution < -0.4 is 10.6 Å². The largest absolute Gasteiger partial charge is 0.379 e. The first-order chi connectivity index (χ1) is 24.9. The zero-order valence-electron chi connectivity index (χ0n) is 29.2. The van der Waals surface area contributed by atoms with Crippen molar-refractivity contribution in [3.05, 3.63) is 47.2 Å². The number of Topliss-reactive ketones (excluding diaryl/α,β-unsaturated/α-hetero) is 3. The van der Waals surface area contributed by atoms with Gasteiger partial charge in [0, 0.05) is 67.8 Å². The summed E-state index contributed by atoms with van der Waals surface area (Å²) in [5.74, 6) is -2.73. The Balaban J connectivity index is 1.03. The molecule has 1 aromatic rings. The molecule has 51 heavy (non-hydrogen) atoms. The summed E-state index contributed by atoms with van der Waals surface area (Å²) in [7, 11) is 0. The lowest BCUT2D eigenvalue weighted by Crippen LogP contribution is -2.73. The molecule has 12 nitrogen and oxygen atoms in total. The zero-order chi connectivity index (χ0) is 35.1. The average Bonchev–Trinajstić information content (AvgIpc) is 3.16. The van der Waals surface area contributed by atoms with Gasteiger partial charge in [0.25, 0.3) is 5.91 Å². The fraction of sp³-hybridized carbons (Fsp3) is 0.684. The Morgan fingerprint density at radius 1 is 0.784 bits per heavy atom. The molecule has 2 saturated carbocycles. The van der Waals surface area contributed by atoms with Crippen LogP contribution in [-0.2, 0) is 23.8 Å². The van der Waals surface area contributed by atoms with Crippen LogP contribution in [0.2, 0.25) is 0 Å². The number of ether oxygens (including phenoxy) is 3. The van der Waals surface area contributed by atoms with Crippen LogP contribution in [0, 0.1) is 17.8 Å². The summed E-state index contributed by atoms with van der Waals surface area (Å²) in [6.45, 7) is 9.02. The maximum absolute atomic E-state index is 16.3. The van der Waals surface area contributed by atoms with E-state index < -0.39 is 54.1 Å². The summed E-state index contributed by atoms with van der Waals surface area (Å²) in [4.78, 5) is 62.1. The highest BCUT2D eigenvalue weighted by atomic mass is 19.1. The quantitative estimate of drug-likeness (QED) is 0.269. The van der Waals surface area contributed by atoms with E-state index in [-0.39, 0.29) is 35.4 Å². The third-order valence-corrected chi connectivity index (χ3v) is 12.4. The first-order valence-corrected chi connectivity index (χ1v) is 19.0. The smallest absolute Gasteiger partial charge is 0.256 e. The lowest BCUT2D eigenvalue weighted by molar-refractivity contribution is -0.202. The molecule has 9 atom stereocenters. The summed E-state index contributed by atoms with van der Waals surface area (Å²) in [6.07, 6.45) is 1.40. The molecule has 2 N–H and O–H groups in total. The van der Waals surface area contributed by atoms with Gasteiger partial charge in [-0.3, -0.25) is 29.0 Å². The van der Waals surface area contributed by atoms with Crippen LogP contribution >= 0.6 is 0 Å². The molecule has 1 aromatic carbocycles. The van der Waals surface area contributed by atoms with E-state index in [1.807, 2.05) is 0 Å². The number of alkyl halides is 1. The second-order valence-electron chi connectivity index (χ2n) is 15.2. The van der Waals surface area contributed by atoms with Crippen molar-refractivity contribution in [2.75, 3.05) is 78.8 Å². The summed E-state index contributed by atoms with van der Waals surface area (Å²) < 4.78 is 34.0. The number of carbonyl (C=O) groups excluding carboxylic acids is 4. The van der Waals surface area contributed by atoms with E-state index in [0.29, 0.717) is 50.3 Å². The third kappa shape index (κ3) is 6.81. The summed E-state index contributed by atoms with van der Waals surface area (Å²) in [6, 6.07) is 5.52.